The van der Waals surface area contributed by atoms with Gasteiger partial charge in [-0.05, 0) is 38.2 Å². The fourth-order valence-electron chi connectivity index (χ4n) is 4.35. The quantitative estimate of drug-likeness (QED) is 0.515. The summed E-state index contributed by atoms with van der Waals surface area (Å²) in [6, 6.07) is -0.529. The number of fused-ring (bicyclic) bond motifs is 1. The zero-order valence-electron chi connectivity index (χ0n) is 17.8. The molecular formula is C21H27N5O4S. The van der Waals surface area contributed by atoms with Gasteiger partial charge in [0.2, 0.25) is 5.91 Å². The molecule has 0 unspecified atom stereocenters. The molecule has 31 heavy (non-hydrogen) atoms. The van der Waals surface area contributed by atoms with Crippen LogP contribution in [0.3, 0.4) is 0 Å². The number of anilines is 1. The number of thiophene rings is 1. The van der Waals surface area contributed by atoms with E-state index in [4.69, 9.17) is 4.74 Å². The summed E-state index contributed by atoms with van der Waals surface area (Å²) >= 11 is 1.33. The van der Waals surface area contributed by atoms with Crippen LogP contribution in [0.15, 0.2) is 6.33 Å². The minimum absolute atomic E-state index is 0.160. The van der Waals surface area contributed by atoms with Crippen LogP contribution in [0.1, 0.15) is 47.3 Å². The number of nitrogens with one attached hydrogen (secondary N) is 1. The van der Waals surface area contributed by atoms with Crippen LogP contribution in [-0.2, 0) is 14.3 Å². The number of methoxy groups -OCH3 is 1. The van der Waals surface area contributed by atoms with Crippen LogP contribution in [0, 0.1) is 6.92 Å². The molecular weight excluding hydrogens is 418 g/mol. The summed E-state index contributed by atoms with van der Waals surface area (Å²) in [4.78, 5) is 50.6. The van der Waals surface area contributed by atoms with Gasteiger partial charge >= 0.3 is 5.97 Å². The molecule has 0 spiro atoms. The number of likely N-dealkylation sites (tertiary alicyclic amines) is 2. The summed E-state index contributed by atoms with van der Waals surface area (Å²) in [7, 11) is 1.35. The van der Waals surface area contributed by atoms with Crippen molar-refractivity contribution in [2.24, 2.45) is 0 Å². The van der Waals surface area contributed by atoms with Crippen molar-refractivity contribution in [3.05, 3.63) is 16.8 Å². The zero-order chi connectivity index (χ0) is 22.0. The van der Waals surface area contributed by atoms with E-state index in [-0.39, 0.29) is 17.8 Å². The fraction of sp³-hybridized carbons (Fsp3) is 0.571. The Morgan fingerprint density at radius 1 is 1.29 bits per heavy atom. The highest BCUT2D eigenvalue weighted by Crippen LogP contribution is 2.35. The lowest BCUT2D eigenvalue weighted by Gasteiger charge is -2.22. The van der Waals surface area contributed by atoms with Crippen LogP contribution < -0.4 is 5.32 Å². The van der Waals surface area contributed by atoms with Gasteiger partial charge in [-0.15, -0.1) is 11.3 Å². The lowest BCUT2D eigenvalue weighted by Crippen LogP contribution is -2.41. The standard InChI is InChI=1S/C21H27N5O4S/c1-13-16-18(22-8-5-10-25-9-4-7-15(25)27)23-12-24-19(16)31-17(13)20(28)26-11-3-6-14(26)21(29)30-2/h12,14H,3-11H2,1-2H3,(H,22,23,24)/t14-/m0/s1. The van der Waals surface area contributed by atoms with E-state index >= 15 is 0 Å². The number of ether oxygens (including phenoxy) is 1. The van der Waals surface area contributed by atoms with Gasteiger partial charge < -0.3 is 19.9 Å². The van der Waals surface area contributed by atoms with E-state index in [1.54, 1.807) is 4.90 Å². The highest BCUT2D eigenvalue weighted by molar-refractivity contribution is 7.20. The Bertz CT molecular complexity index is 1010. The molecule has 0 aliphatic carbocycles. The predicted octanol–water partition coefficient (Wildman–Crippen LogP) is 2.20. The van der Waals surface area contributed by atoms with E-state index in [2.05, 4.69) is 15.3 Å². The van der Waals surface area contributed by atoms with Gasteiger partial charge in [-0.1, -0.05) is 0 Å². The Morgan fingerprint density at radius 2 is 2.13 bits per heavy atom. The molecule has 10 heteroatoms. The smallest absolute Gasteiger partial charge is 0.328 e. The van der Waals surface area contributed by atoms with Crippen molar-refractivity contribution in [2.75, 3.05) is 38.6 Å². The first-order valence-corrected chi connectivity index (χ1v) is 11.5. The minimum Gasteiger partial charge on any atom is -0.467 e. The number of aryl methyl sites for hydroxylation is 1. The van der Waals surface area contributed by atoms with Crippen molar-refractivity contribution in [3.8, 4) is 0 Å². The van der Waals surface area contributed by atoms with Crippen LogP contribution in [0.5, 0.6) is 0 Å². The van der Waals surface area contributed by atoms with Crippen molar-refractivity contribution in [1.82, 2.24) is 19.8 Å². The number of carbonyl (C=O) groups is 3. The van der Waals surface area contributed by atoms with E-state index < -0.39 is 6.04 Å². The molecule has 1 N–H and O–H groups in total. The molecule has 2 saturated heterocycles. The average Bonchev–Trinajstić information content (AvgIpc) is 3.50. The Morgan fingerprint density at radius 3 is 2.87 bits per heavy atom. The molecule has 2 aromatic rings. The average molecular weight is 446 g/mol. The van der Waals surface area contributed by atoms with E-state index in [0.717, 1.165) is 48.1 Å². The second-order valence-electron chi connectivity index (χ2n) is 7.90. The lowest BCUT2D eigenvalue weighted by atomic mass is 10.1. The zero-order valence-corrected chi connectivity index (χ0v) is 18.7. The van der Waals surface area contributed by atoms with E-state index in [0.29, 0.717) is 36.6 Å². The normalized spacial score (nSPS) is 18.8. The van der Waals surface area contributed by atoms with Gasteiger partial charge in [0.15, 0.2) is 0 Å². The minimum atomic E-state index is -0.529. The summed E-state index contributed by atoms with van der Waals surface area (Å²) in [5.74, 6) is 0.389. The molecule has 4 heterocycles. The molecule has 0 aromatic carbocycles. The third-order valence-corrected chi connectivity index (χ3v) is 7.16. The van der Waals surface area contributed by atoms with Crippen LogP contribution in [0.25, 0.3) is 10.2 Å². The van der Waals surface area contributed by atoms with Gasteiger partial charge in [0.25, 0.3) is 5.91 Å². The van der Waals surface area contributed by atoms with Gasteiger partial charge in [0.05, 0.1) is 17.4 Å². The van der Waals surface area contributed by atoms with Crippen molar-refractivity contribution in [1.29, 1.82) is 0 Å². The number of amides is 2. The Labute approximate surface area is 184 Å². The number of esters is 1. The van der Waals surface area contributed by atoms with Crippen LogP contribution in [0.4, 0.5) is 5.82 Å². The number of carbonyl (C=O) groups excluding carboxylic acids is 3. The maximum Gasteiger partial charge on any atom is 0.328 e. The molecule has 0 bridgehead atoms. The van der Waals surface area contributed by atoms with Crippen molar-refractivity contribution < 1.29 is 19.1 Å². The third kappa shape index (κ3) is 4.21. The van der Waals surface area contributed by atoms with Gasteiger partial charge in [-0.25, -0.2) is 14.8 Å². The first-order chi connectivity index (χ1) is 15.0. The topological polar surface area (TPSA) is 105 Å². The monoisotopic (exact) mass is 445 g/mol. The summed E-state index contributed by atoms with van der Waals surface area (Å²) in [5.41, 5.74) is 0.818. The van der Waals surface area contributed by atoms with Crippen LogP contribution in [0.2, 0.25) is 0 Å². The molecule has 2 amide bonds. The number of hydrogen-bond donors (Lipinski definition) is 1. The van der Waals surface area contributed by atoms with Gasteiger partial charge in [0, 0.05) is 32.6 Å². The largest absolute Gasteiger partial charge is 0.467 e. The maximum absolute atomic E-state index is 13.2. The molecule has 2 aliphatic rings. The summed E-state index contributed by atoms with van der Waals surface area (Å²) in [5, 5.41) is 4.18. The molecule has 0 saturated carbocycles. The van der Waals surface area contributed by atoms with E-state index in [1.165, 1.54) is 24.8 Å². The summed E-state index contributed by atoms with van der Waals surface area (Å²) < 4.78 is 4.87. The maximum atomic E-state index is 13.2. The molecule has 4 rings (SSSR count). The second kappa shape index (κ2) is 9.17. The summed E-state index contributed by atoms with van der Waals surface area (Å²) in [6.07, 6.45) is 5.30. The first kappa shape index (κ1) is 21.5. The molecule has 166 valence electrons. The van der Waals surface area contributed by atoms with Gasteiger partial charge in [-0.3, -0.25) is 9.59 Å². The molecule has 1 atom stereocenters. The highest BCUT2D eigenvalue weighted by Gasteiger charge is 2.36. The lowest BCUT2D eigenvalue weighted by molar-refractivity contribution is -0.145. The van der Waals surface area contributed by atoms with Crippen LogP contribution in [-0.4, -0.2) is 76.9 Å². The third-order valence-electron chi connectivity index (χ3n) is 5.98. The van der Waals surface area contributed by atoms with Crippen molar-refractivity contribution in [2.45, 2.75) is 45.1 Å². The fourth-order valence-corrected chi connectivity index (χ4v) is 5.45. The Hall–Kier alpha value is -2.75. The molecule has 2 fully saturated rings. The second-order valence-corrected chi connectivity index (χ2v) is 8.90. The van der Waals surface area contributed by atoms with Crippen molar-refractivity contribution in [3.63, 3.8) is 0 Å². The Kier molecular flexibility index (Phi) is 6.35. The van der Waals surface area contributed by atoms with Crippen LogP contribution >= 0.6 is 11.3 Å². The highest BCUT2D eigenvalue weighted by atomic mass is 32.1. The number of rotatable bonds is 7. The molecule has 2 aliphatic heterocycles. The van der Waals surface area contributed by atoms with E-state index in [1.807, 2.05) is 11.8 Å². The number of hydrogen-bond acceptors (Lipinski definition) is 8. The molecule has 2 aromatic heterocycles. The summed E-state index contributed by atoms with van der Waals surface area (Å²) in [6.45, 7) is 4.68. The SMILES string of the molecule is COC(=O)[C@@H]1CCCN1C(=O)c1sc2ncnc(NCCCN3CCCC3=O)c2c1C. The molecule has 9 nitrogen and oxygen atoms in total. The van der Waals surface area contributed by atoms with E-state index in [9.17, 15) is 14.4 Å². The number of aromatic nitrogens is 2. The van der Waals surface area contributed by atoms with Gasteiger partial charge in [0.1, 0.15) is 23.0 Å². The van der Waals surface area contributed by atoms with Gasteiger partial charge in [-0.2, -0.15) is 0 Å². The predicted molar refractivity (Wildman–Crippen MR) is 117 cm³/mol. The first-order valence-electron chi connectivity index (χ1n) is 10.7. The Balaban J connectivity index is 1.49. The van der Waals surface area contributed by atoms with Crippen molar-refractivity contribution >= 4 is 45.2 Å². The number of nitrogens with zero attached hydrogens (tertiary/aromatic N) is 4. The molecule has 0 radical (unpaired) electrons.